The lowest BCUT2D eigenvalue weighted by atomic mass is 9.98. The average molecular weight is 185 g/mol. The van der Waals surface area contributed by atoms with Gasteiger partial charge in [-0.1, -0.05) is 13.8 Å². The molecule has 0 saturated carbocycles. The number of carboxylic acid groups (broad SMARTS) is 1. The lowest BCUT2D eigenvalue weighted by molar-refractivity contribution is -0.141. The van der Waals surface area contributed by atoms with E-state index in [1.807, 2.05) is 7.05 Å². The fourth-order valence-electron chi connectivity index (χ4n) is 2.08. The molecule has 0 radical (unpaired) electrons. The van der Waals surface area contributed by atoms with Crippen molar-refractivity contribution < 1.29 is 9.90 Å². The molecular weight excluding hydrogens is 166 g/mol. The Bertz CT molecular complexity index is 191. The molecule has 0 aromatic carbocycles. The molecule has 1 saturated heterocycles. The van der Waals surface area contributed by atoms with Gasteiger partial charge in [0.2, 0.25) is 0 Å². The molecule has 0 aromatic heterocycles. The Morgan fingerprint density at radius 2 is 2.23 bits per heavy atom. The van der Waals surface area contributed by atoms with E-state index in [9.17, 15) is 4.79 Å². The third-order valence-corrected chi connectivity index (χ3v) is 2.78. The van der Waals surface area contributed by atoms with Gasteiger partial charge in [0, 0.05) is 12.6 Å². The highest BCUT2D eigenvalue weighted by molar-refractivity contribution is 5.70. The van der Waals surface area contributed by atoms with E-state index in [4.69, 9.17) is 5.11 Å². The first-order valence-corrected chi connectivity index (χ1v) is 4.93. The van der Waals surface area contributed by atoms with E-state index < -0.39 is 5.97 Å². The Kier molecular flexibility index (Phi) is 3.31. The Morgan fingerprint density at radius 3 is 2.62 bits per heavy atom. The van der Waals surface area contributed by atoms with Gasteiger partial charge in [0.25, 0.3) is 0 Å². The maximum Gasteiger partial charge on any atom is 0.307 e. The Morgan fingerprint density at radius 1 is 1.62 bits per heavy atom. The fraction of sp³-hybridized carbons (Fsp3) is 0.900. The lowest BCUT2D eigenvalue weighted by Crippen LogP contribution is -2.26. The van der Waals surface area contributed by atoms with Crippen molar-refractivity contribution in [2.45, 2.75) is 32.7 Å². The first-order chi connectivity index (χ1) is 6.00. The second-order valence-electron chi connectivity index (χ2n) is 4.49. The predicted octanol–water partition coefficient (Wildman–Crippen LogP) is 1.44. The van der Waals surface area contributed by atoms with Crippen LogP contribution in [-0.4, -0.2) is 35.6 Å². The number of carboxylic acids is 1. The van der Waals surface area contributed by atoms with Gasteiger partial charge in [-0.05, 0) is 25.8 Å². The van der Waals surface area contributed by atoms with Crippen LogP contribution in [0.2, 0.25) is 0 Å². The largest absolute Gasteiger partial charge is 0.481 e. The summed E-state index contributed by atoms with van der Waals surface area (Å²) in [5, 5.41) is 8.86. The molecule has 1 fully saturated rings. The van der Waals surface area contributed by atoms with Crippen molar-refractivity contribution >= 4 is 5.97 Å². The van der Waals surface area contributed by atoms with E-state index in [2.05, 4.69) is 18.7 Å². The van der Waals surface area contributed by atoms with Gasteiger partial charge in [-0.2, -0.15) is 0 Å². The summed E-state index contributed by atoms with van der Waals surface area (Å²) in [5.41, 5.74) is 0. The van der Waals surface area contributed by atoms with Crippen LogP contribution in [0.3, 0.4) is 0 Å². The van der Waals surface area contributed by atoms with Crippen molar-refractivity contribution in [3.63, 3.8) is 0 Å². The van der Waals surface area contributed by atoms with E-state index in [0.717, 1.165) is 12.8 Å². The number of hydrogen-bond donors (Lipinski definition) is 1. The predicted molar refractivity (Wildman–Crippen MR) is 51.6 cm³/mol. The molecule has 1 N–H and O–H groups in total. The summed E-state index contributed by atoms with van der Waals surface area (Å²) < 4.78 is 0. The van der Waals surface area contributed by atoms with Crippen molar-refractivity contribution in [3.05, 3.63) is 0 Å². The molecule has 1 aliphatic rings. The van der Waals surface area contributed by atoms with Gasteiger partial charge in [-0.15, -0.1) is 0 Å². The zero-order valence-corrected chi connectivity index (χ0v) is 8.66. The van der Waals surface area contributed by atoms with Gasteiger partial charge in [0.15, 0.2) is 0 Å². The van der Waals surface area contributed by atoms with Crippen LogP contribution in [0.1, 0.15) is 26.7 Å². The molecule has 1 rings (SSSR count). The third kappa shape index (κ3) is 2.69. The van der Waals surface area contributed by atoms with Crippen molar-refractivity contribution in [1.29, 1.82) is 0 Å². The Labute approximate surface area is 79.7 Å². The van der Waals surface area contributed by atoms with E-state index in [0.29, 0.717) is 18.5 Å². The summed E-state index contributed by atoms with van der Waals surface area (Å²) in [6.07, 6.45) is 1.93. The van der Waals surface area contributed by atoms with Crippen LogP contribution in [0.4, 0.5) is 0 Å². The average Bonchev–Trinajstić information content (AvgIpc) is 2.31. The zero-order chi connectivity index (χ0) is 10.0. The highest BCUT2D eigenvalue weighted by Crippen LogP contribution is 2.26. The van der Waals surface area contributed by atoms with E-state index in [1.165, 1.54) is 0 Å². The van der Waals surface area contributed by atoms with Crippen molar-refractivity contribution in [2.24, 2.45) is 11.8 Å². The fourth-order valence-corrected chi connectivity index (χ4v) is 2.08. The highest BCUT2D eigenvalue weighted by Gasteiger charge is 2.33. The van der Waals surface area contributed by atoms with Crippen LogP contribution >= 0.6 is 0 Å². The van der Waals surface area contributed by atoms with Crippen LogP contribution in [0.25, 0.3) is 0 Å². The SMILES string of the molecule is CC(C)CC1CC(C(=O)O)CN1C. The summed E-state index contributed by atoms with van der Waals surface area (Å²) in [4.78, 5) is 12.9. The number of hydrogen-bond acceptors (Lipinski definition) is 2. The van der Waals surface area contributed by atoms with Crippen LogP contribution < -0.4 is 0 Å². The number of carbonyl (C=O) groups is 1. The summed E-state index contributed by atoms with van der Waals surface area (Å²) in [6, 6.07) is 0.473. The molecule has 2 unspecified atom stereocenters. The minimum atomic E-state index is -0.641. The maximum atomic E-state index is 10.8. The molecule has 3 heteroatoms. The molecule has 0 bridgehead atoms. The summed E-state index contributed by atoms with van der Waals surface area (Å²) >= 11 is 0. The molecule has 3 nitrogen and oxygen atoms in total. The molecular formula is C10H19NO2. The highest BCUT2D eigenvalue weighted by atomic mass is 16.4. The molecule has 1 aliphatic heterocycles. The minimum Gasteiger partial charge on any atom is -0.481 e. The molecule has 2 atom stereocenters. The summed E-state index contributed by atoms with van der Waals surface area (Å²) in [7, 11) is 2.02. The van der Waals surface area contributed by atoms with Gasteiger partial charge in [-0.25, -0.2) is 0 Å². The van der Waals surface area contributed by atoms with E-state index in [-0.39, 0.29) is 5.92 Å². The molecule has 1 heterocycles. The second kappa shape index (κ2) is 4.09. The molecule has 13 heavy (non-hydrogen) atoms. The van der Waals surface area contributed by atoms with Gasteiger partial charge in [0.05, 0.1) is 5.92 Å². The standard InChI is InChI=1S/C10H19NO2/c1-7(2)4-9-5-8(10(12)13)6-11(9)3/h7-9H,4-6H2,1-3H3,(H,12,13). The van der Waals surface area contributed by atoms with Crippen LogP contribution in [0.15, 0.2) is 0 Å². The molecule has 0 aliphatic carbocycles. The first-order valence-electron chi connectivity index (χ1n) is 4.93. The molecule has 0 aromatic rings. The summed E-state index contributed by atoms with van der Waals surface area (Å²) in [5.74, 6) is -0.133. The van der Waals surface area contributed by atoms with E-state index in [1.54, 1.807) is 0 Å². The second-order valence-corrected chi connectivity index (χ2v) is 4.49. The van der Waals surface area contributed by atoms with Crippen molar-refractivity contribution in [2.75, 3.05) is 13.6 Å². The van der Waals surface area contributed by atoms with Gasteiger partial charge >= 0.3 is 5.97 Å². The monoisotopic (exact) mass is 185 g/mol. The molecule has 76 valence electrons. The normalized spacial score (nSPS) is 29.8. The molecule has 0 amide bonds. The van der Waals surface area contributed by atoms with Crippen molar-refractivity contribution in [3.8, 4) is 0 Å². The third-order valence-electron chi connectivity index (χ3n) is 2.78. The first kappa shape index (κ1) is 10.5. The van der Waals surface area contributed by atoms with Crippen LogP contribution in [0, 0.1) is 11.8 Å². The van der Waals surface area contributed by atoms with Crippen LogP contribution in [0.5, 0.6) is 0 Å². The zero-order valence-electron chi connectivity index (χ0n) is 8.66. The van der Waals surface area contributed by atoms with E-state index >= 15 is 0 Å². The Balaban J connectivity index is 2.46. The lowest BCUT2D eigenvalue weighted by Gasteiger charge is -2.20. The number of aliphatic carboxylic acids is 1. The molecule has 0 spiro atoms. The Hall–Kier alpha value is -0.570. The van der Waals surface area contributed by atoms with Gasteiger partial charge in [-0.3, -0.25) is 4.79 Å². The van der Waals surface area contributed by atoms with Crippen LogP contribution in [-0.2, 0) is 4.79 Å². The number of rotatable bonds is 3. The van der Waals surface area contributed by atoms with Gasteiger partial charge in [0.1, 0.15) is 0 Å². The maximum absolute atomic E-state index is 10.8. The number of likely N-dealkylation sites (tertiary alicyclic amines) is 1. The smallest absolute Gasteiger partial charge is 0.307 e. The summed E-state index contributed by atoms with van der Waals surface area (Å²) in [6.45, 7) is 5.08. The topological polar surface area (TPSA) is 40.5 Å². The quantitative estimate of drug-likeness (QED) is 0.723. The van der Waals surface area contributed by atoms with Gasteiger partial charge < -0.3 is 10.0 Å². The van der Waals surface area contributed by atoms with Crippen molar-refractivity contribution in [1.82, 2.24) is 4.90 Å². The minimum absolute atomic E-state index is 0.145. The number of nitrogens with zero attached hydrogens (tertiary/aromatic N) is 1.